The molecule has 4 nitrogen and oxygen atoms in total. The van der Waals surface area contributed by atoms with E-state index in [0.29, 0.717) is 13.3 Å². The van der Waals surface area contributed by atoms with Crippen LogP contribution in [0.3, 0.4) is 0 Å². The van der Waals surface area contributed by atoms with Crippen molar-refractivity contribution in [1.29, 1.82) is 0 Å². The number of benzene rings is 1. The lowest BCUT2D eigenvalue weighted by molar-refractivity contribution is -0.141. The minimum atomic E-state index is 0.0128. The molecule has 0 radical (unpaired) electrons. The third-order valence-electron chi connectivity index (χ3n) is 3.62. The van der Waals surface area contributed by atoms with Gasteiger partial charge in [0, 0.05) is 13.7 Å². The van der Waals surface area contributed by atoms with Crippen LogP contribution in [0.15, 0.2) is 30.3 Å². The van der Waals surface area contributed by atoms with E-state index in [1.165, 1.54) is 0 Å². The Kier molecular flexibility index (Phi) is 4.93. The van der Waals surface area contributed by atoms with E-state index in [-0.39, 0.29) is 11.9 Å². The fraction of sp³-hybridized carbons (Fsp3) is 0.533. The predicted octanol–water partition coefficient (Wildman–Crippen LogP) is 1.71. The molecule has 1 amide bonds. The van der Waals surface area contributed by atoms with Gasteiger partial charge in [-0.25, -0.2) is 0 Å². The summed E-state index contributed by atoms with van der Waals surface area (Å²) in [5.41, 5.74) is 1.13. The van der Waals surface area contributed by atoms with Crippen LogP contribution >= 0.6 is 0 Å². The Balaban J connectivity index is 2.04. The van der Waals surface area contributed by atoms with Crippen LogP contribution in [0.4, 0.5) is 0 Å². The van der Waals surface area contributed by atoms with Crippen LogP contribution in [0, 0.1) is 0 Å². The van der Waals surface area contributed by atoms with Gasteiger partial charge in [-0.15, -0.1) is 0 Å². The summed E-state index contributed by atoms with van der Waals surface area (Å²) in [7, 11) is 3.65. The van der Waals surface area contributed by atoms with Crippen LogP contribution in [0.25, 0.3) is 0 Å². The van der Waals surface area contributed by atoms with E-state index in [2.05, 4.69) is 4.90 Å². The average Bonchev–Trinajstić information content (AvgIpc) is 2.85. The second-order valence-electron chi connectivity index (χ2n) is 5.08. The molecule has 0 aliphatic carbocycles. The molecule has 0 N–H and O–H groups in total. The smallest absolute Gasteiger partial charge is 0.242 e. The summed E-state index contributed by atoms with van der Waals surface area (Å²) in [4.78, 5) is 16.5. The lowest BCUT2D eigenvalue weighted by Gasteiger charge is -2.28. The number of carbonyl (C=O) groups excluding carboxylic acids is 1. The number of nitrogens with zero attached hydrogens (tertiary/aromatic N) is 2. The second-order valence-corrected chi connectivity index (χ2v) is 5.08. The number of rotatable bonds is 5. The molecule has 4 heteroatoms. The Bertz CT molecular complexity index is 408. The predicted molar refractivity (Wildman–Crippen MR) is 74.5 cm³/mol. The summed E-state index contributed by atoms with van der Waals surface area (Å²) in [6.45, 7) is 1.96. The summed E-state index contributed by atoms with van der Waals surface area (Å²) >= 11 is 0. The van der Waals surface area contributed by atoms with Crippen LogP contribution < -0.4 is 0 Å². The number of carbonyl (C=O) groups is 1. The molecule has 1 heterocycles. The Morgan fingerprint density at radius 2 is 2.16 bits per heavy atom. The average molecular weight is 262 g/mol. The quantitative estimate of drug-likeness (QED) is 0.757. The fourth-order valence-electron chi connectivity index (χ4n) is 2.58. The molecule has 1 aromatic rings. The van der Waals surface area contributed by atoms with E-state index in [9.17, 15) is 4.79 Å². The van der Waals surface area contributed by atoms with E-state index in [1.807, 2.05) is 37.4 Å². The number of amides is 1. The van der Waals surface area contributed by atoms with Gasteiger partial charge in [0.2, 0.25) is 5.91 Å². The molecule has 1 saturated heterocycles. The first-order chi connectivity index (χ1) is 9.22. The number of hydrogen-bond donors (Lipinski definition) is 0. The Labute approximate surface area is 115 Å². The maximum atomic E-state index is 12.6. The van der Waals surface area contributed by atoms with Gasteiger partial charge in [-0.05, 0) is 32.0 Å². The SMILES string of the molecule is COCN(Cc1ccccc1)C(=O)[C@@H]1CCCN1C. The minimum Gasteiger partial charge on any atom is -0.364 e. The van der Waals surface area contributed by atoms with Crippen molar-refractivity contribution in [2.24, 2.45) is 0 Å². The molecular weight excluding hydrogens is 240 g/mol. The highest BCUT2D eigenvalue weighted by Crippen LogP contribution is 2.18. The molecule has 0 aromatic heterocycles. The van der Waals surface area contributed by atoms with Crippen molar-refractivity contribution in [1.82, 2.24) is 9.80 Å². The van der Waals surface area contributed by atoms with Crippen molar-refractivity contribution < 1.29 is 9.53 Å². The summed E-state index contributed by atoms with van der Waals surface area (Å²) in [5.74, 6) is 0.172. The summed E-state index contributed by atoms with van der Waals surface area (Å²) in [6, 6.07) is 10.1. The molecule has 2 rings (SSSR count). The Morgan fingerprint density at radius 1 is 1.42 bits per heavy atom. The highest BCUT2D eigenvalue weighted by molar-refractivity contribution is 5.82. The summed E-state index contributed by atoms with van der Waals surface area (Å²) < 4.78 is 5.18. The van der Waals surface area contributed by atoms with Crippen molar-refractivity contribution in [3.63, 3.8) is 0 Å². The zero-order valence-electron chi connectivity index (χ0n) is 11.7. The van der Waals surface area contributed by atoms with Gasteiger partial charge >= 0.3 is 0 Å². The van der Waals surface area contributed by atoms with Gasteiger partial charge < -0.3 is 9.64 Å². The summed E-state index contributed by atoms with van der Waals surface area (Å²) in [6.07, 6.45) is 2.05. The van der Waals surface area contributed by atoms with Gasteiger partial charge in [-0.1, -0.05) is 30.3 Å². The minimum absolute atomic E-state index is 0.0128. The van der Waals surface area contributed by atoms with Gasteiger partial charge in [-0.3, -0.25) is 9.69 Å². The van der Waals surface area contributed by atoms with Gasteiger partial charge in [0.1, 0.15) is 6.73 Å². The number of likely N-dealkylation sites (N-methyl/N-ethyl adjacent to an activating group) is 1. The van der Waals surface area contributed by atoms with E-state index in [0.717, 1.165) is 24.9 Å². The molecule has 1 aliphatic rings. The number of hydrogen-bond acceptors (Lipinski definition) is 3. The fourth-order valence-corrected chi connectivity index (χ4v) is 2.58. The van der Waals surface area contributed by atoms with Gasteiger partial charge in [0.25, 0.3) is 0 Å². The Hall–Kier alpha value is -1.39. The normalized spacial score (nSPS) is 19.6. The number of likely N-dealkylation sites (tertiary alicyclic amines) is 1. The molecule has 0 unspecified atom stereocenters. The lowest BCUT2D eigenvalue weighted by Crippen LogP contribution is -2.44. The van der Waals surface area contributed by atoms with Gasteiger partial charge in [-0.2, -0.15) is 0 Å². The van der Waals surface area contributed by atoms with E-state index < -0.39 is 0 Å². The van der Waals surface area contributed by atoms with Crippen LogP contribution in [-0.4, -0.2) is 49.2 Å². The van der Waals surface area contributed by atoms with E-state index in [4.69, 9.17) is 4.74 Å². The van der Waals surface area contributed by atoms with Crippen LogP contribution in [0.5, 0.6) is 0 Å². The number of ether oxygens (including phenoxy) is 1. The van der Waals surface area contributed by atoms with Gasteiger partial charge in [0.15, 0.2) is 0 Å². The van der Waals surface area contributed by atoms with Crippen LogP contribution in [-0.2, 0) is 16.1 Å². The first-order valence-corrected chi connectivity index (χ1v) is 6.74. The van der Waals surface area contributed by atoms with E-state index >= 15 is 0 Å². The van der Waals surface area contributed by atoms with E-state index in [1.54, 1.807) is 12.0 Å². The second kappa shape index (κ2) is 6.68. The molecule has 1 aromatic carbocycles. The largest absolute Gasteiger partial charge is 0.364 e. The van der Waals surface area contributed by atoms with Crippen LogP contribution in [0.2, 0.25) is 0 Å². The van der Waals surface area contributed by atoms with Crippen molar-refractivity contribution in [3.8, 4) is 0 Å². The zero-order valence-corrected chi connectivity index (χ0v) is 11.7. The van der Waals surface area contributed by atoms with Crippen LogP contribution in [0.1, 0.15) is 18.4 Å². The molecule has 0 spiro atoms. The monoisotopic (exact) mass is 262 g/mol. The molecule has 1 atom stereocenters. The maximum Gasteiger partial charge on any atom is 0.242 e. The molecule has 0 saturated carbocycles. The van der Waals surface area contributed by atoms with Crippen molar-refractivity contribution >= 4 is 5.91 Å². The van der Waals surface area contributed by atoms with Crippen molar-refractivity contribution in [2.45, 2.75) is 25.4 Å². The first kappa shape index (κ1) is 14.0. The molecule has 1 fully saturated rings. The summed E-state index contributed by atoms with van der Waals surface area (Å²) in [5, 5.41) is 0. The third kappa shape index (κ3) is 3.55. The highest BCUT2D eigenvalue weighted by atomic mass is 16.5. The molecule has 19 heavy (non-hydrogen) atoms. The zero-order chi connectivity index (χ0) is 13.7. The highest BCUT2D eigenvalue weighted by Gasteiger charge is 2.31. The number of methoxy groups -OCH3 is 1. The molecular formula is C15H22N2O2. The van der Waals surface area contributed by atoms with Gasteiger partial charge in [0.05, 0.1) is 6.04 Å². The lowest BCUT2D eigenvalue weighted by atomic mass is 10.1. The standard InChI is InChI=1S/C15H22N2O2/c1-16-10-6-9-14(16)15(18)17(12-19-2)11-13-7-4-3-5-8-13/h3-5,7-8,14H,6,9-12H2,1-2H3/t14-/m0/s1. The van der Waals surface area contributed by atoms with Crippen molar-refractivity contribution in [3.05, 3.63) is 35.9 Å². The molecule has 1 aliphatic heterocycles. The maximum absolute atomic E-state index is 12.6. The third-order valence-corrected chi connectivity index (χ3v) is 3.62. The Morgan fingerprint density at radius 3 is 2.74 bits per heavy atom. The topological polar surface area (TPSA) is 32.8 Å². The first-order valence-electron chi connectivity index (χ1n) is 6.74. The molecule has 0 bridgehead atoms. The van der Waals surface area contributed by atoms with Crippen molar-refractivity contribution in [2.75, 3.05) is 27.4 Å². The molecule has 104 valence electrons.